The molecule has 0 aromatic carbocycles. The number of aromatic nitrogens is 5. The molecule has 0 radical (unpaired) electrons. The van der Waals surface area contributed by atoms with Crippen LogP contribution in [0.5, 0.6) is 0 Å². The summed E-state index contributed by atoms with van der Waals surface area (Å²) in [6, 6.07) is 5.81. The van der Waals surface area contributed by atoms with E-state index in [2.05, 4.69) is 25.4 Å². The van der Waals surface area contributed by atoms with Crippen LogP contribution < -0.4 is 5.32 Å². The van der Waals surface area contributed by atoms with Crippen LogP contribution >= 0.6 is 0 Å². The van der Waals surface area contributed by atoms with Gasteiger partial charge in [0.15, 0.2) is 11.4 Å². The predicted octanol–water partition coefficient (Wildman–Crippen LogP) is 4.31. The van der Waals surface area contributed by atoms with Crippen LogP contribution in [-0.4, -0.2) is 37.4 Å². The lowest BCUT2D eigenvalue weighted by molar-refractivity contribution is 0.0983. The van der Waals surface area contributed by atoms with Crippen molar-refractivity contribution in [3.8, 4) is 11.1 Å². The molecule has 0 unspecified atom stereocenters. The fourth-order valence-corrected chi connectivity index (χ4v) is 3.08. The third-order valence-electron chi connectivity index (χ3n) is 4.49. The first-order valence-corrected chi connectivity index (χ1v) is 9.43. The Morgan fingerprint density at radius 1 is 1.07 bits per heavy atom. The first-order chi connectivity index (χ1) is 13.6. The summed E-state index contributed by atoms with van der Waals surface area (Å²) in [5.74, 6) is 0.803. The number of ketones is 1. The highest BCUT2D eigenvalue weighted by Crippen LogP contribution is 2.30. The zero-order valence-electron chi connectivity index (χ0n) is 16.8. The van der Waals surface area contributed by atoms with Gasteiger partial charge in [-0.1, -0.05) is 20.8 Å². The van der Waals surface area contributed by atoms with Gasteiger partial charge >= 0.3 is 0 Å². The van der Waals surface area contributed by atoms with Gasteiger partial charge < -0.3 is 5.32 Å². The van der Waals surface area contributed by atoms with E-state index in [1.165, 1.54) is 6.33 Å². The average molecular weight is 376 g/mol. The maximum Gasteiger partial charge on any atom is 0.180 e. The van der Waals surface area contributed by atoms with Gasteiger partial charge in [-0.05, 0) is 24.6 Å². The van der Waals surface area contributed by atoms with Gasteiger partial charge in [0.2, 0.25) is 0 Å². The van der Waals surface area contributed by atoms with E-state index in [0.29, 0.717) is 12.1 Å². The molecular formula is C21H24N6O. The zero-order chi connectivity index (χ0) is 20.3. The number of pyridine rings is 3. The van der Waals surface area contributed by atoms with Crippen LogP contribution in [0.15, 0.2) is 36.9 Å². The molecule has 28 heavy (non-hydrogen) atoms. The summed E-state index contributed by atoms with van der Waals surface area (Å²) in [5.41, 5.74) is 4.96. The van der Waals surface area contributed by atoms with Crippen molar-refractivity contribution in [2.75, 3.05) is 12.4 Å². The second kappa shape index (κ2) is 8.12. The van der Waals surface area contributed by atoms with Crippen molar-refractivity contribution >= 4 is 28.2 Å². The van der Waals surface area contributed by atoms with E-state index < -0.39 is 0 Å². The summed E-state index contributed by atoms with van der Waals surface area (Å²) < 4.78 is 1.80. The van der Waals surface area contributed by atoms with E-state index in [1.807, 2.05) is 59.1 Å². The molecule has 7 heteroatoms. The summed E-state index contributed by atoms with van der Waals surface area (Å²) in [5, 5.41) is 8.36. The number of Topliss-reactive ketones (excluding diaryl/α,β-unsaturated/α-hetero) is 1. The molecule has 0 atom stereocenters. The van der Waals surface area contributed by atoms with Crippen LogP contribution in [0.3, 0.4) is 0 Å². The van der Waals surface area contributed by atoms with E-state index in [0.717, 1.165) is 39.1 Å². The average Bonchev–Trinajstić information content (AvgIpc) is 3.24. The maximum absolute atomic E-state index is 11.9. The molecule has 4 aromatic rings. The second-order valence-electron chi connectivity index (χ2n) is 6.09. The van der Waals surface area contributed by atoms with Crippen molar-refractivity contribution < 1.29 is 4.79 Å². The first-order valence-electron chi connectivity index (χ1n) is 9.43. The Kier molecular flexibility index (Phi) is 5.63. The van der Waals surface area contributed by atoms with Crippen LogP contribution in [-0.2, 0) is 0 Å². The van der Waals surface area contributed by atoms with Crippen LogP contribution in [0.4, 0.5) is 5.82 Å². The van der Waals surface area contributed by atoms with Crippen molar-refractivity contribution in [3.05, 3.63) is 48.2 Å². The molecule has 7 nitrogen and oxygen atoms in total. The summed E-state index contributed by atoms with van der Waals surface area (Å²) >= 11 is 0. The molecule has 4 aromatic heterocycles. The molecule has 0 fully saturated rings. The molecule has 0 aliphatic carbocycles. The predicted molar refractivity (Wildman–Crippen MR) is 112 cm³/mol. The molecule has 1 N–H and O–H groups in total. The van der Waals surface area contributed by atoms with E-state index >= 15 is 0 Å². The van der Waals surface area contributed by atoms with E-state index in [9.17, 15) is 4.79 Å². The normalized spacial score (nSPS) is 10.6. The first kappa shape index (κ1) is 19.4. The van der Waals surface area contributed by atoms with Crippen LogP contribution in [0.2, 0.25) is 0 Å². The van der Waals surface area contributed by atoms with Crippen molar-refractivity contribution in [2.24, 2.45) is 0 Å². The fourth-order valence-electron chi connectivity index (χ4n) is 3.08. The van der Waals surface area contributed by atoms with Gasteiger partial charge in [-0.25, -0.2) is 14.5 Å². The highest BCUT2D eigenvalue weighted by molar-refractivity contribution is 5.96. The van der Waals surface area contributed by atoms with Crippen molar-refractivity contribution in [1.82, 2.24) is 24.6 Å². The molecule has 0 saturated carbocycles. The molecule has 0 amide bonds. The minimum absolute atomic E-state index is 0.0366. The van der Waals surface area contributed by atoms with Crippen molar-refractivity contribution in [1.29, 1.82) is 0 Å². The van der Waals surface area contributed by atoms with Crippen LogP contribution in [0, 0.1) is 6.92 Å². The third kappa shape index (κ3) is 3.31. The Morgan fingerprint density at radius 2 is 1.86 bits per heavy atom. The molecule has 4 heterocycles. The monoisotopic (exact) mass is 376 g/mol. The molecule has 4 rings (SSSR count). The second-order valence-corrected chi connectivity index (χ2v) is 6.09. The number of fused-ring (bicyclic) bond motifs is 3. The summed E-state index contributed by atoms with van der Waals surface area (Å²) in [7, 11) is 1.83. The highest BCUT2D eigenvalue weighted by Gasteiger charge is 2.15. The smallest absolute Gasteiger partial charge is 0.180 e. The number of aryl methyl sites for hydroxylation is 1. The number of nitrogens with one attached hydrogen (secondary N) is 1. The van der Waals surface area contributed by atoms with E-state index in [1.54, 1.807) is 10.7 Å². The zero-order valence-corrected chi connectivity index (χ0v) is 16.8. The lowest BCUT2D eigenvalue weighted by Crippen LogP contribution is -2.02. The molecule has 0 aliphatic heterocycles. The SMILES string of the molecule is CC.CCC(=O)c1cc(C)c(-c2cc3cnc(NC)cc3n3ncnc23)cn1. The molecule has 144 valence electrons. The number of carbonyl (C=O) groups is 1. The fraction of sp³-hybridized carbons (Fsp3) is 0.286. The van der Waals surface area contributed by atoms with Gasteiger partial charge in [0.25, 0.3) is 0 Å². The lowest BCUT2D eigenvalue weighted by atomic mass is 10.0. The number of hydrogen-bond acceptors (Lipinski definition) is 6. The Bertz CT molecular complexity index is 1150. The van der Waals surface area contributed by atoms with Gasteiger partial charge in [-0.15, -0.1) is 0 Å². The van der Waals surface area contributed by atoms with Gasteiger partial charge in [0, 0.05) is 48.4 Å². The van der Waals surface area contributed by atoms with E-state index in [4.69, 9.17) is 0 Å². The summed E-state index contributed by atoms with van der Waals surface area (Å²) in [6.45, 7) is 7.81. The number of rotatable bonds is 4. The molecule has 0 bridgehead atoms. The lowest BCUT2D eigenvalue weighted by Gasteiger charge is -2.11. The minimum atomic E-state index is 0.0366. The summed E-state index contributed by atoms with van der Waals surface area (Å²) in [4.78, 5) is 25.1. The number of nitrogens with zero attached hydrogens (tertiary/aromatic N) is 5. The van der Waals surface area contributed by atoms with Crippen LogP contribution in [0.1, 0.15) is 43.2 Å². The molecule has 0 spiro atoms. The third-order valence-corrected chi connectivity index (χ3v) is 4.49. The molecular weight excluding hydrogens is 352 g/mol. The number of hydrogen-bond donors (Lipinski definition) is 1. The number of anilines is 1. The van der Waals surface area contributed by atoms with Gasteiger partial charge in [-0.3, -0.25) is 9.78 Å². The van der Waals surface area contributed by atoms with E-state index in [-0.39, 0.29) is 5.78 Å². The quantitative estimate of drug-likeness (QED) is 0.534. The minimum Gasteiger partial charge on any atom is -0.373 e. The van der Waals surface area contributed by atoms with Crippen LogP contribution in [0.25, 0.3) is 27.7 Å². The topological polar surface area (TPSA) is 85.1 Å². The van der Waals surface area contributed by atoms with Gasteiger partial charge in [0.05, 0.1) is 5.52 Å². The van der Waals surface area contributed by atoms with Crippen molar-refractivity contribution in [3.63, 3.8) is 0 Å². The van der Waals surface area contributed by atoms with Crippen molar-refractivity contribution in [2.45, 2.75) is 34.1 Å². The maximum atomic E-state index is 11.9. The Hall–Kier alpha value is -3.35. The standard InChI is InChI=1S/C19H18N6O.C2H6/c1-4-17(26)15-5-11(2)14(9-21-15)13-6-12-8-22-18(20-3)7-16(12)25-19(13)23-10-24-25;1-2/h5-10H,4H2,1-3H3,(H,20,22);1-2H3. The number of carbonyl (C=O) groups excluding carboxylic acids is 1. The van der Waals surface area contributed by atoms with Gasteiger partial charge in [0.1, 0.15) is 17.8 Å². The summed E-state index contributed by atoms with van der Waals surface area (Å²) in [6.07, 6.45) is 5.53. The Labute approximate surface area is 163 Å². The molecule has 0 aliphatic rings. The molecule has 0 saturated heterocycles. The largest absolute Gasteiger partial charge is 0.373 e. The Morgan fingerprint density at radius 3 is 2.54 bits per heavy atom. The van der Waals surface area contributed by atoms with Gasteiger partial charge in [-0.2, -0.15) is 5.10 Å². The highest BCUT2D eigenvalue weighted by atomic mass is 16.1. The Balaban J connectivity index is 0.00000109.